The van der Waals surface area contributed by atoms with Crippen LogP contribution < -0.4 is 0 Å². The first-order valence-corrected chi connectivity index (χ1v) is 7.46. The van der Waals surface area contributed by atoms with Crippen LogP contribution in [0.4, 0.5) is 0 Å². The van der Waals surface area contributed by atoms with Gasteiger partial charge in [0.2, 0.25) is 0 Å². The van der Waals surface area contributed by atoms with Gasteiger partial charge in [0.1, 0.15) is 6.10 Å². The van der Waals surface area contributed by atoms with E-state index >= 15 is 0 Å². The van der Waals surface area contributed by atoms with E-state index in [1.165, 1.54) is 0 Å². The Kier molecular flexibility index (Phi) is 12.3. The number of hydrogen-bond donors (Lipinski definition) is 5. The molecule has 0 aromatic heterocycles. The molecule has 0 saturated carbocycles. The number of aliphatic hydroxyl groups excluding tert-OH is 1. The lowest BCUT2D eigenvalue weighted by molar-refractivity contribution is -0.0712. The second-order valence-electron chi connectivity index (χ2n) is 3.17. The first-order valence-electron chi connectivity index (χ1n) is 5.05. The first kappa shape index (κ1) is 17.3. The maximum absolute atomic E-state index is 9.93. The fraction of sp³-hybridized carbons (Fsp3) is 1.00. The summed E-state index contributed by atoms with van der Waals surface area (Å²) in [6, 6.07) is 0. The van der Waals surface area contributed by atoms with Gasteiger partial charge >= 0.3 is 0 Å². The molecule has 0 fully saturated rings. The van der Waals surface area contributed by atoms with Crippen molar-refractivity contribution in [3.05, 3.63) is 0 Å². The summed E-state index contributed by atoms with van der Waals surface area (Å²) in [5.74, 6) is 1.73. The minimum absolute atomic E-state index is 0.229. The van der Waals surface area contributed by atoms with Crippen LogP contribution in [0.2, 0.25) is 0 Å². The minimum Gasteiger partial charge on any atom is -0.389 e. The van der Waals surface area contributed by atoms with Crippen LogP contribution in [0.5, 0.6) is 0 Å². The summed E-state index contributed by atoms with van der Waals surface area (Å²) < 4.78 is 10.8. The molecular formula is C9H20O3S4. The van der Waals surface area contributed by atoms with Gasteiger partial charge in [-0.15, -0.1) is 0 Å². The minimum atomic E-state index is -0.694. The Labute approximate surface area is 119 Å². The van der Waals surface area contributed by atoms with Crippen molar-refractivity contribution in [3.63, 3.8) is 0 Å². The highest BCUT2D eigenvalue weighted by atomic mass is 32.1. The third-order valence-electron chi connectivity index (χ3n) is 1.90. The summed E-state index contributed by atoms with van der Waals surface area (Å²) in [7, 11) is 0. The van der Waals surface area contributed by atoms with Crippen LogP contribution in [0.3, 0.4) is 0 Å². The summed E-state index contributed by atoms with van der Waals surface area (Å²) in [4.78, 5) is 0. The molecular weight excluding hydrogens is 284 g/mol. The molecule has 3 nitrogen and oxygen atoms in total. The van der Waals surface area contributed by atoms with Crippen LogP contribution in [0, 0.1) is 0 Å². The van der Waals surface area contributed by atoms with Crippen LogP contribution in [0.25, 0.3) is 0 Å². The highest BCUT2D eigenvalue weighted by molar-refractivity contribution is 7.84. The van der Waals surface area contributed by atoms with Gasteiger partial charge in [-0.05, 0) is 0 Å². The van der Waals surface area contributed by atoms with Gasteiger partial charge in [0.05, 0.1) is 25.9 Å². The van der Waals surface area contributed by atoms with Crippen molar-refractivity contribution >= 4 is 50.5 Å². The van der Waals surface area contributed by atoms with E-state index in [2.05, 4.69) is 50.5 Å². The molecule has 0 amide bonds. The van der Waals surface area contributed by atoms with Crippen molar-refractivity contribution in [3.8, 4) is 0 Å². The second-order valence-corrected chi connectivity index (χ2v) is 5.09. The lowest BCUT2D eigenvalue weighted by Gasteiger charge is -2.26. The number of ether oxygens (including phenoxy) is 2. The Morgan fingerprint density at radius 3 is 2.19 bits per heavy atom. The molecule has 0 aromatic rings. The van der Waals surface area contributed by atoms with Crippen LogP contribution in [-0.4, -0.2) is 59.6 Å². The van der Waals surface area contributed by atoms with Crippen molar-refractivity contribution < 1.29 is 14.6 Å². The van der Waals surface area contributed by atoms with Crippen molar-refractivity contribution in [2.75, 3.05) is 37.1 Å². The molecule has 16 heavy (non-hydrogen) atoms. The third kappa shape index (κ3) is 7.58. The van der Waals surface area contributed by atoms with E-state index in [0.29, 0.717) is 37.1 Å². The average molecular weight is 305 g/mol. The predicted molar refractivity (Wildman–Crippen MR) is 80.9 cm³/mol. The van der Waals surface area contributed by atoms with Crippen molar-refractivity contribution in [2.24, 2.45) is 0 Å². The topological polar surface area (TPSA) is 38.7 Å². The van der Waals surface area contributed by atoms with Gasteiger partial charge in [-0.25, -0.2) is 0 Å². The van der Waals surface area contributed by atoms with Gasteiger partial charge < -0.3 is 14.6 Å². The highest BCUT2D eigenvalue weighted by Crippen LogP contribution is 2.12. The average Bonchev–Trinajstić information content (AvgIpc) is 2.31. The number of aliphatic hydroxyl groups is 1. The maximum Gasteiger partial charge on any atom is 0.108 e. The molecule has 7 heteroatoms. The van der Waals surface area contributed by atoms with Crippen molar-refractivity contribution in [1.29, 1.82) is 0 Å². The fourth-order valence-electron chi connectivity index (χ4n) is 1.07. The van der Waals surface area contributed by atoms with E-state index in [1.807, 2.05) is 0 Å². The molecule has 3 atom stereocenters. The van der Waals surface area contributed by atoms with Crippen LogP contribution >= 0.6 is 50.5 Å². The van der Waals surface area contributed by atoms with Gasteiger partial charge in [0.15, 0.2) is 0 Å². The molecule has 0 heterocycles. The van der Waals surface area contributed by atoms with Crippen molar-refractivity contribution in [2.45, 2.75) is 17.5 Å². The molecule has 0 spiro atoms. The lowest BCUT2D eigenvalue weighted by atomic mass is 10.1. The van der Waals surface area contributed by atoms with Gasteiger partial charge in [-0.2, -0.15) is 50.5 Å². The number of rotatable bonds is 10. The summed E-state index contributed by atoms with van der Waals surface area (Å²) in [5, 5.41) is 9.70. The number of hydrogen-bond acceptors (Lipinski definition) is 7. The van der Waals surface area contributed by atoms with E-state index in [4.69, 9.17) is 9.47 Å². The molecule has 0 aliphatic rings. The molecule has 0 rings (SSSR count). The van der Waals surface area contributed by atoms with E-state index in [1.54, 1.807) is 0 Å². The van der Waals surface area contributed by atoms with Crippen LogP contribution in [-0.2, 0) is 9.47 Å². The maximum atomic E-state index is 9.93. The summed E-state index contributed by atoms with van der Waals surface area (Å²) >= 11 is 16.4. The fourth-order valence-corrected chi connectivity index (χ4v) is 1.71. The van der Waals surface area contributed by atoms with E-state index < -0.39 is 6.10 Å². The first-order chi connectivity index (χ1) is 7.67. The number of thiol groups is 4. The van der Waals surface area contributed by atoms with E-state index in [0.717, 1.165) is 0 Å². The lowest BCUT2D eigenvalue weighted by Crippen LogP contribution is -2.41. The second kappa shape index (κ2) is 11.4. The standard InChI is InChI=1S/C9H20O3S4/c10-9(8(16)6-15)7(12-2-4-14)5-11-1-3-13/h7-10,13-16H,1-6H2. The van der Waals surface area contributed by atoms with E-state index in [9.17, 15) is 5.11 Å². The molecule has 0 saturated heterocycles. The Balaban J connectivity index is 4.06. The Bertz CT molecular complexity index is 162. The highest BCUT2D eigenvalue weighted by Gasteiger charge is 2.25. The Morgan fingerprint density at radius 1 is 1.06 bits per heavy atom. The van der Waals surface area contributed by atoms with E-state index in [-0.39, 0.29) is 11.4 Å². The summed E-state index contributed by atoms with van der Waals surface area (Å²) in [6.45, 7) is 1.34. The van der Waals surface area contributed by atoms with Gasteiger partial charge in [0, 0.05) is 22.5 Å². The largest absolute Gasteiger partial charge is 0.389 e. The molecule has 0 radical (unpaired) electrons. The molecule has 0 aromatic carbocycles. The zero-order chi connectivity index (χ0) is 12.4. The third-order valence-corrected chi connectivity index (χ3v) is 3.44. The smallest absolute Gasteiger partial charge is 0.108 e. The molecule has 0 aliphatic heterocycles. The molecule has 1 N–H and O–H groups in total. The molecule has 0 bridgehead atoms. The zero-order valence-corrected chi connectivity index (χ0v) is 12.6. The predicted octanol–water partition coefficient (Wildman–Crippen LogP) is 0.837. The quantitative estimate of drug-likeness (QED) is 0.307. The van der Waals surface area contributed by atoms with Gasteiger partial charge in [-0.1, -0.05) is 0 Å². The Morgan fingerprint density at radius 2 is 1.69 bits per heavy atom. The van der Waals surface area contributed by atoms with Crippen molar-refractivity contribution in [1.82, 2.24) is 0 Å². The molecule has 0 aliphatic carbocycles. The van der Waals surface area contributed by atoms with Gasteiger partial charge in [-0.3, -0.25) is 0 Å². The van der Waals surface area contributed by atoms with Crippen LogP contribution in [0.1, 0.15) is 0 Å². The SMILES string of the molecule is OC(C(S)CS)C(COCCS)OCCS. The monoisotopic (exact) mass is 304 g/mol. The Hall–Kier alpha value is 1.28. The normalized spacial score (nSPS) is 17.1. The summed E-state index contributed by atoms with van der Waals surface area (Å²) in [6.07, 6.45) is -1.08. The van der Waals surface area contributed by atoms with Crippen LogP contribution in [0.15, 0.2) is 0 Å². The van der Waals surface area contributed by atoms with Gasteiger partial charge in [0.25, 0.3) is 0 Å². The zero-order valence-electron chi connectivity index (χ0n) is 9.03. The summed E-state index contributed by atoms with van der Waals surface area (Å²) in [5.41, 5.74) is 0. The molecule has 98 valence electrons. The molecule has 3 unspecified atom stereocenters.